The Kier molecular flexibility index (Phi) is 5.82. The quantitative estimate of drug-likeness (QED) is 0.796. The van der Waals surface area contributed by atoms with Gasteiger partial charge in [0.05, 0.1) is 4.47 Å². The number of likely N-dealkylation sites (N-methyl/N-ethyl adjacent to an activating group) is 1. The van der Waals surface area contributed by atoms with Gasteiger partial charge in [-0.05, 0) is 53.2 Å². The fourth-order valence-corrected chi connectivity index (χ4v) is 2.65. The lowest BCUT2D eigenvalue weighted by atomic mass is 10.0. The van der Waals surface area contributed by atoms with E-state index in [1.807, 2.05) is 25.1 Å². The van der Waals surface area contributed by atoms with Gasteiger partial charge in [0.25, 0.3) is 0 Å². The molecular formula is C16H17BrF2N2. The monoisotopic (exact) mass is 354 g/mol. The predicted molar refractivity (Wildman–Crippen MR) is 83.2 cm³/mol. The van der Waals surface area contributed by atoms with Crippen molar-refractivity contribution in [2.75, 3.05) is 6.54 Å². The maximum atomic E-state index is 14.1. The topological polar surface area (TPSA) is 24.9 Å². The molecule has 0 spiro atoms. The molecule has 0 fully saturated rings. The first-order valence-electron chi connectivity index (χ1n) is 6.87. The summed E-state index contributed by atoms with van der Waals surface area (Å²) in [5.74, 6) is -1.04. The van der Waals surface area contributed by atoms with E-state index in [-0.39, 0.29) is 22.5 Å². The number of nitrogens with one attached hydrogen (secondary N) is 1. The maximum Gasteiger partial charge on any atom is 0.143 e. The minimum Gasteiger partial charge on any atom is -0.314 e. The number of hydrogen-bond acceptors (Lipinski definition) is 2. The Hall–Kier alpha value is -1.33. The van der Waals surface area contributed by atoms with Gasteiger partial charge in [0, 0.05) is 29.9 Å². The second-order valence-electron chi connectivity index (χ2n) is 4.81. The summed E-state index contributed by atoms with van der Waals surface area (Å²) < 4.78 is 28.2. The number of rotatable bonds is 6. The molecule has 2 aromatic rings. The highest BCUT2D eigenvalue weighted by Crippen LogP contribution is 2.23. The molecule has 0 saturated heterocycles. The molecule has 5 heteroatoms. The van der Waals surface area contributed by atoms with Crippen LogP contribution in [0.15, 0.2) is 41.0 Å². The molecule has 0 aliphatic rings. The van der Waals surface area contributed by atoms with Gasteiger partial charge in [0.15, 0.2) is 0 Å². The minimum absolute atomic E-state index is 0.0665. The van der Waals surface area contributed by atoms with Gasteiger partial charge in [-0.2, -0.15) is 0 Å². The molecule has 0 amide bonds. The van der Waals surface area contributed by atoms with E-state index in [1.54, 1.807) is 6.20 Å². The van der Waals surface area contributed by atoms with Gasteiger partial charge in [0.1, 0.15) is 11.6 Å². The predicted octanol–water partition coefficient (Wildman–Crippen LogP) is 3.89. The molecule has 112 valence electrons. The molecule has 1 atom stereocenters. The molecule has 1 heterocycles. The van der Waals surface area contributed by atoms with Crippen LogP contribution in [0.3, 0.4) is 0 Å². The highest BCUT2D eigenvalue weighted by atomic mass is 79.9. The average Bonchev–Trinajstić information content (AvgIpc) is 2.49. The highest BCUT2D eigenvalue weighted by Gasteiger charge is 2.18. The lowest BCUT2D eigenvalue weighted by Crippen LogP contribution is -2.34. The van der Waals surface area contributed by atoms with Crippen LogP contribution in [0.4, 0.5) is 8.78 Å². The molecule has 1 aromatic carbocycles. The summed E-state index contributed by atoms with van der Waals surface area (Å²) in [6, 6.07) is 8.27. The Morgan fingerprint density at radius 2 is 2.00 bits per heavy atom. The SMILES string of the molecule is CCNC(Cc1ccccn1)Cc1c(F)ccc(Br)c1F. The number of pyridine rings is 1. The van der Waals surface area contributed by atoms with E-state index in [0.717, 1.165) is 12.2 Å². The van der Waals surface area contributed by atoms with Crippen LogP contribution in [0.25, 0.3) is 0 Å². The summed E-state index contributed by atoms with van der Waals surface area (Å²) in [6.45, 7) is 2.70. The third-order valence-electron chi connectivity index (χ3n) is 3.26. The zero-order chi connectivity index (χ0) is 15.2. The molecule has 21 heavy (non-hydrogen) atoms. The molecule has 2 rings (SSSR count). The fourth-order valence-electron chi connectivity index (χ4n) is 2.28. The van der Waals surface area contributed by atoms with Crippen LogP contribution in [0, 0.1) is 11.6 Å². The zero-order valence-corrected chi connectivity index (χ0v) is 13.3. The van der Waals surface area contributed by atoms with Gasteiger partial charge in [-0.1, -0.05) is 13.0 Å². The van der Waals surface area contributed by atoms with E-state index < -0.39 is 11.6 Å². The van der Waals surface area contributed by atoms with Crippen molar-refractivity contribution in [2.45, 2.75) is 25.8 Å². The largest absolute Gasteiger partial charge is 0.314 e. The molecular weight excluding hydrogens is 338 g/mol. The maximum absolute atomic E-state index is 14.1. The van der Waals surface area contributed by atoms with Gasteiger partial charge in [0.2, 0.25) is 0 Å². The van der Waals surface area contributed by atoms with Gasteiger partial charge < -0.3 is 5.32 Å². The Morgan fingerprint density at radius 3 is 2.67 bits per heavy atom. The van der Waals surface area contributed by atoms with E-state index in [1.165, 1.54) is 12.1 Å². The molecule has 0 saturated carbocycles. The fraction of sp³-hybridized carbons (Fsp3) is 0.312. The van der Waals surface area contributed by atoms with E-state index in [9.17, 15) is 8.78 Å². The molecule has 1 N–H and O–H groups in total. The van der Waals surface area contributed by atoms with Crippen LogP contribution in [-0.4, -0.2) is 17.6 Å². The Bertz CT molecular complexity index is 590. The second-order valence-corrected chi connectivity index (χ2v) is 5.66. The second kappa shape index (κ2) is 7.61. The summed E-state index contributed by atoms with van der Waals surface area (Å²) in [4.78, 5) is 4.27. The number of halogens is 3. The van der Waals surface area contributed by atoms with Crippen LogP contribution < -0.4 is 5.32 Å². The van der Waals surface area contributed by atoms with Gasteiger partial charge in [-0.15, -0.1) is 0 Å². The Labute approximate surface area is 131 Å². The van der Waals surface area contributed by atoms with Crippen molar-refractivity contribution in [3.8, 4) is 0 Å². The smallest absolute Gasteiger partial charge is 0.143 e. The first kappa shape index (κ1) is 16.0. The molecule has 0 bridgehead atoms. The average molecular weight is 355 g/mol. The van der Waals surface area contributed by atoms with E-state index >= 15 is 0 Å². The molecule has 0 radical (unpaired) electrons. The molecule has 2 nitrogen and oxygen atoms in total. The number of hydrogen-bond donors (Lipinski definition) is 1. The third kappa shape index (κ3) is 4.32. The number of benzene rings is 1. The van der Waals surface area contributed by atoms with E-state index in [0.29, 0.717) is 6.42 Å². The molecule has 1 aromatic heterocycles. The number of aromatic nitrogens is 1. The Morgan fingerprint density at radius 1 is 1.19 bits per heavy atom. The van der Waals surface area contributed by atoms with Crippen molar-refractivity contribution in [1.29, 1.82) is 0 Å². The van der Waals surface area contributed by atoms with Gasteiger partial charge in [-0.3, -0.25) is 4.98 Å². The summed E-state index contributed by atoms with van der Waals surface area (Å²) >= 11 is 3.10. The first-order chi connectivity index (χ1) is 10.1. The van der Waals surface area contributed by atoms with Crippen molar-refractivity contribution in [2.24, 2.45) is 0 Å². The van der Waals surface area contributed by atoms with Crippen molar-refractivity contribution in [3.05, 3.63) is 63.9 Å². The normalized spacial score (nSPS) is 12.4. The number of nitrogens with zero attached hydrogens (tertiary/aromatic N) is 1. The van der Waals surface area contributed by atoms with Crippen LogP contribution in [-0.2, 0) is 12.8 Å². The Balaban J connectivity index is 2.19. The van der Waals surface area contributed by atoms with Gasteiger partial charge >= 0.3 is 0 Å². The molecule has 1 unspecified atom stereocenters. The minimum atomic E-state index is -0.529. The summed E-state index contributed by atoms with van der Waals surface area (Å²) in [5.41, 5.74) is 1.01. The molecule has 0 aliphatic carbocycles. The van der Waals surface area contributed by atoms with Crippen LogP contribution in [0.2, 0.25) is 0 Å². The van der Waals surface area contributed by atoms with Crippen molar-refractivity contribution in [1.82, 2.24) is 10.3 Å². The van der Waals surface area contributed by atoms with Crippen LogP contribution >= 0.6 is 15.9 Å². The highest BCUT2D eigenvalue weighted by molar-refractivity contribution is 9.10. The van der Waals surface area contributed by atoms with Gasteiger partial charge in [-0.25, -0.2) is 8.78 Å². The summed E-state index contributed by atoms with van der Waals surface area (Å²) in [5, 5.41) is 3.26. The van der Waals surface area contributed by atoms with E-state index in [4.69, 9.17) is 0 Å². The lowest BCUT2D eigenvalue weighted by molar-refractivity contribution is 0.480. The zero-order valence-electron chi connectivity index (χ0n) is 11.7. The summed E-state index contributed by atoms with van der Waals surface area (Å²) in [7, 11) is 0. The molecule has 0 aliphatic heterocycles. The van der Waals surface area contributed by atoms with Crippen molar-refractivity contribution in [3.63, 3.8) is 0 Å². The standard InChI is InChI=1S/C16H17BrF2N2/c1-2-20-12(9-11-5-3-4-8-21-11)10-13-15(18)7-6-14(17)16(13)19/h3-8,12,20H,2,9-10H2,1H3. The van der Waals surface area contributed by atoms with E-state index in [2.05, 4.69) is 26.2 Å². The third-order valence-corrected chi connectivity index (χ3v) is 3.88. The summed E-state index contributed by atoms with van der Waals surface area (Å²) in [6.07, 6.45) is 2.63. The van der Waals surface area contributed by atoms with Crippen molar-refractivity contribution < 1.29 is 8.78 Å². The first-order valence-corrected chi connectivity index (χ1v) is 7.66. The lowest BCUT2D eigenvalue weighted by Gasteiger charge is -2.18. The van der Waals surface area contributed by atoms with Crippen LogP contribution in [0.1, 0.15) is 18.2 Å². The van der Waals surface area contributed by atoms with Crippen molar-refractivity contribution >= 4 is 15.9 Å². The van der Waals surface area contributed by atoms with Crippen LogP contribution in [0.5, 0.6) is 0 Å².